The molecule has 0 aliphatic rings. The van der Waals surface area contributed by atoms with Crippen LogP contribution in [0.1, 0.15) is 11.8 Å². The third-order valence-corrected chi connectivity index (χ3v) is 1.62. The normalized spacial score (nSPS) is 9.00. The number of carbonyl (C=O) groups is 1. The fraction of sp³-hybridized carbons (Fsp3) is 0. The fourth-order valence-corrected chi connectivity index (χ4v) is 1.04. The summed E-state index contributed by atoms with van der Waals surface area (Å²) in [7, 11) is 0. The summed E-state index contributed by atoms with van der Waals surface area (Å²) in [4.78, 5) is 29.4. The molecule has 1 N–H and O–H groups in total. The third-order valence-electron chi connectivity index (χ3n) is 1.62. The van der Waals surface area contributed by atoms with Gasteiger partial charge in [-0.05, 0) is 6.07 Å². The minimum atomic E-state index is -1.58. The Kier molecular flexibility index (Phi) is 4.62. The number of benzene rings is 1. The van der Waals surface area contributed by atoms with Crippen molar-refractivity contribution in [3.05, 3.63) is 44.0 Å². The number of hydrogen-bond donors (Lipinski definition) is 1. The van der Waals surface area contributed by atoms with E-state index in [4.69, 9.17) is 5.11 Å². The number of rotatable bonds is 3. The van der Waals surface area contributed by atoms with E-state index < -0.39 is 32.8 Å². The van der Waals surface area contributed by atoms with Crippen LogP contribution in [0.3, 0.4) is 0 Å². The van der Waals surface area contributed by atoms with Gasteiger partial charge < -0.3 is 6.53 Å². The second-order valence-corrected chi connectivity index (χ2v) is 2.49. The summed E-state index contributed by atoms with van der Waals surface area (Å²) < 4.78 is 0. The second-order valence-electron chi connectivity index (χ2n) is 2.49. The Morgan fingerprint density at radius 3 is 2.19 bits per heavy atom. The first-order valence-electron chi connectivity index (χ1n) is 3.60. The topological polar surface area (TPSA) is 124 Å². The minimum Gasteiger partial charge on any atom is -1.00 e. The van der Waals surface area contributed by atoms with Gasteiger partial charge in [-0.15, -0.1) is 0 Å². The van der Waals surface area contributed by atoms with Gasteiger partial charge >= 0.3 is 36.2 Å². The molecule has 0 amide bonds. The number of nitro benzene ring substituents is 2. The Hall–Kier alpha value is -1.91. The van der Waals surface area contributed by atoms with Gasteiger partial charge in [-0.3, -0.25) is 20.2 Å². The maximum absolute atomic E-state index is 10.6. The van der Waals surface area contributed by atoms with Crippen LogP contribution in [0.15, 0.2) is 18.2 Å². The molecule has 80 valence electrons. The fourth-order valence-electron chi connectivity index (χ4n) is 1.04. The van der Waals surface area contributed by atoms with E-state index >= 15 is 0 Å². The van der Waals surface area contributed by atoms with Gasteiger partial charge in [0.1, 0.15) is 5.56 Å². The van der Waals surface area contributed by atoms with Crippen LogP contribution < -0.4 is 18.9 Å². The Labute approximate surface area is 102 Å². The van der Waals surface area contributed by atoms with Crippen LogP contribution in [-0.2, 0) is 0 Å². The van der Waals surface area contributed by atoms with Crippen molar-refractivity contribution in [3.63, 3.8) is 0 Å². The van der Waals surface area contributed by atoms with Crippen molar-refractivity contribution < 1.29 is 40.0 Å². The second kappa shape index (κ2) is 5.25. The van der Waals surface area contributed by atoms with E-state index in [2.05, 4.69) is 0 Å². The summed E-state index contributed by atoms with van der Waals surface area (Å²) in [6.45, 7) is 0. The average molecular weight is 220 g/mol. The van der Waals surface area contributed by atoms with Gasteiger partial charge in [-0.2, -0.15) is 0 Å². The zero-order valence-electron chi connectivity index (χ0n) is 9.11. The molecule has 8 nitrogen and oxygen atoms in total. The Morgan fingerprint density at radius 1 is 1.25 bits per heavy atom. The molecule has 0 radical (unpaired) electrons. The van der Waals surface area contributed by atoms with Crippen molar-refractivity contribution in [1.82, 2.24) is 0 Å². The van der Waals surface area contributed by atoms with Crippen LogP contribution in [0.2, 0.25) is 0 Å². The molecule has 0 spiro atoms. The molecule has 0 atom stereocenters. The Morgan fingerprint density at radius 2 is 1.81 bits per heavy atom. The van der Waals surface area contributed by atoms with E-state index in [-0.39, 0.29) is 20.3 Å². The van der Waals surface area contributed by atoms with E-state index in [9.17, 15) is 25.0 Å². The van der Waals surface area contributed by atoms with Crippen molar-refractivity contribution in [2.24, 2.45) is 0 Å². The number of carboxylic acid groups (broad SMARTS) is 1. The summed E-state index contributed by atoms with van der Waals surface area (Å²) in [5.41, 5.74) is -2.54. The average Bonchev–Trinajstić information content (AvgIpc) is 2.16. The molecule has 0 fully saturated rings. The first-order valence-corrected chi connectivity index (χ1v) is 3.60. The van der Waals surface area contributed by atoms with Gasteiger partial charge in [0.25, 0.3) is 0 Å². The van der Waals surface area contributed by atoms with E-state index in [1.807, 2.05) is 0 Å². The van der Waals surface area contributed by atoms with E-state index in [0.29, 0.717) is 0 Å². The monoisotopic (exact) mass is 220 g/mol. The van der Waals surface area contributed by atoms with E-state index in [1.165, 1.54) is 0 Å². The molecule has 9 heteroatoms. The maximum Gasteiger partial charge on any atom is 1.00 e. The molecule has 1 rings (SSSR count). The summed E-state index contributed by atoms with van der Waals surface area (Å²) >= 11 is 0. The molecule has 0 heterocycles. The summed E-state index contributed by atoms with van der Waals surface area (Å²) in [5, 5.41) is 29.5. The van der Waals surface area contributed by atoms with Gasteiger partial charge in [-0.25, -0.2) is 4.79 Å². The van der Waals surface area contributed by atoms with Gasteiger partial charge in [0.15, 0.2) is 0 Å². The molecule has 0 saturated carbocycles. The number of para-hydroxylation sites is 1. The smallest absolute Gasteiger partial charge is 1.00 e. The summed E-state index contributed by atoms with van der Waals surface area (Å²) in [6, 6.07) is 2.90. The van der Waals surface area contributed by atoms with Crippen LogP contribution in [0.5, 0.6) is 0 Å². The zero-order chi connectivity index (χ0) is 11.6. The van der Waals surface area contributed by atoms with Crippen LogP contribution in [-0.4, -0.2) is 20.9 Å². The van der Waals surface area contributed by atoms with Crippen LogP contribution in [0, 0.1) is 20.2 Å². The van der Waals surface area contributed by atoms with Gasteiger partial charge in [0.05, 0.1) is 9.85 Å². The third kappa shape index (κ3) is 2.56. The predicted molar refractivity (Wildman–Crippen MR) is 47.8 cm³/mol. The van der Waals surface area contributed by atoms with Crippen molar-refractivity contribution in [2.45, 2.75) is 0 Å². The van der Waals surface area contributed by atoms with Crippen molar-refractivity contribution in [3.8, 4) is 0 Å². The first kappa shape index (κ1) is 14.1. The number of nitro groups is 2. The van der Waals surface area contributed by atoms with Gasteiger partial charge in [0, 0.05) is 6.07 Å². The minimum absolute atomic E-state index is 0. The molecule has 0 saturated heterocycles. The molecular formula is C7H5LiN2O6. The number of nitrogens with zero attached hydrogens (tertiary/aromatic N) is 2. The van der Waals surface area contributed by atoms with Gasteiger partial charge in [0.2, 0.25) is 0 Å². The summed E-state index contributed by atoms with van der Waals surface area (Å²) in [5.74, 6) is -1.58. The molecule has 1 aromatic rings. The Bertz CT molecular complexity index is 433. The predicted octanol–water partition coefficient (Wildman–Crippen LogP) is -1.68. The number of aromatic carboxylic acids is 1. The molecule has 0 aromatic heterocycles. The van der Waals surface area contributed by atoms with E-state index in [0.717, 1.165) is 18.2 Å². The van der Waals surface area contributed by atoms with Gasteiger partial charge in [-0.1, -0.05) is 6.07 Å². The zero-order valence-corrected chi connectivity index (χ0v) is 8.11. The van der Waals surface area contributed by atoms with Crippen molar-refractivity contribution in [1.29, 1.82) is 0 Å². The number of hydrogen-bond acceptors (Lipinski definition) is 5. The van der Waals surface area contributed by atoms with E-state index in [1.54, 1.807) is 0 Å². The molecule has 1 aromatic carbocycles. The molecule has 0 unspecified atom stereocenters. The molecule has 0 bridgehead atoms. The molecule has 0 aliphatic heterocycles. The quantitative estimate of drug-likeness (QED) is 0.368. The molecule has 16 heavy (non-hydrogen) atoms. The number of carboxylic acids is 1. The SMILES string of the molecule is O=C(O)c1cccc([N+](=O)[O-])c1[N+](=O)[O-].[H-].[Li+]. The van der Waals surface area contributed by atoms with Crippen LogP contribution in [0.4, 0.5) is 11.4 Å². The maximum atomic E-state index is 10.6. The van der Waals surface area contributed by atoms with Crippen LogP contribution >= 0.6 is 0 Å². The Balaban J connectivity index is 0. The molecular weight excluding hydrogens is 215 g/mol. The first-order chi connectivity index (χ1) is 6.95. The largest absolute Gasteiger partial charge is 1.00 e. The van der Waals surface area contributed by atoms with Crippen LogP contribution in [0.25, 0.3) is 0 Å². The standard InChI is InChI=1S/C7H4N2O6.Li.H/c10-7(11)4-2-1-3-5(8(12)13)6(4)9(14)15;;/h1-3H,(H,10,11);;/q;+1;-1. The molecule has 0 aliphatic carbocycles. The van der Waals surface area contributed by atoms with Crippen molar-refractivity contribution in [2.75, 3.05) is 0 Å². The summed E-state index contributed by atoms with van der Waals surface area (Å²) in [6.07, 6.45) is 0. The van der Waals surface area contributed by atoms with Crippen molar-refractivity contribution >= 4 is 17.3 Å².